The molecule has 0 saturated heterocycles. The van der Waals surface area contributed by atoms with Crippen LogP contribution < -0.4 is 10.6 Å². The molecule has 0 spiro atoms. The zero-order valence-corrected chi connectivity index (χ0v) is 12.9. The summed E-state index contributed by atoms with van der Waals surface area (Å²) < 4.78 is 4.97. The summed E-state index contributed by atoms with van der Waals surface area (Å²) in [4.78, 5) is 16.3. The lowest BCUT2D eigenvalue weighted by molar-refractivity contribution is 0.0950. The number of hydrogen-bond donors (Lipinski definition) is 2. The second-order valence-electron chi connectivity index (χ2n) is 5.05. The molecule has 0 saturated carbocycles. The Labute approximate surface area is 130 Å². The summed E-state index contributed by atoms with van der Waals surface area (Å²) >= 11 is 0. The average molecular weight is 299 g/mol. The third-order valence-electron chi connectivity index (χ3n) is 3.21. The molecule has 1 aromatic heterocycles. The molecule has 0 aliphatic carbocycles. The predicted octanol–water partition coefficient (Wildman–Crippen LogP) is 2.38. The molecule has 0 bridgehead atoms. The molecule has 5 nitrogen and oxygen atoms in total. The molecular weight excluding hydrogens is 278 g/mol. The fraction of sp³-hybridized carbons (Fsp3) is 0.294. The van der Waals surface area contributed by atoms with Gasteiger partial charge in [-0.15, -0.1) is 0 Å². The smallest absolute Gasteiger partial charge is 0.253 e. The maximum atomic E-state index is 12.2. The van der Waals surface area contributed by atoms with Gasteiger partial charge in [0.25, 0.3) is 5.91 Å². The van der Waals surface area contributed by atoms with Crippen LogP contribution in [-0.2, 0) is 11.3 Å². The van der Waals surface area contributed by atoms with Crippen molar-refractivity contribution in [3.8, 4) is 0 Å². The summed E-state index contributed by atoms with van der Waals surface area (Å²) in [7, 11) is 1.65. The number of nitrogens with zero attached hydrogens (tertiary/aromatic N) is 1. The molecule has 2 rings (SSSR count). The quantitative estimate of drug-likeness (QED) is 0.771. The molecule has 0 fully saturated rings. The third kappa shape index (κ3) is 4.86. The van der Waals surface area contributed by atoms with Gasteiger partial charge in [0, 0.05) is 32.6 Å². The molecule has 1 amide bonds. The summed E-state index contributed by atoms with van der Waals surface area (Å²) in [5.74, 6) is -0.136. The number of nitrogens with one attached hydrogen (secondary N) is 2. The molecule has 1 aromatic carbocycles. The summed E-state index contributed by atoms with van der Waals surface area (Å²) in [5, 5.41) is 6.05. The number of anilines is 1. The number of aryl methyl sites for hydroxylation is 1. The van der Waals surface area contributed by atoms with E-state index in [4.69, 9.17) is 4.74 Å². The minimum absolute atomic E-state index is 0.136. The summed E-state index contributed by atoms with van der Waals surface area (Å²) in [5.41, 5.74) is 3.62. The molecule has 0 aliphatic heterocycles. The summed E-state index contributed by atoms with van der Waals surface area (Å²) in [6.45, 7) is 3.81. The van der Waals surface area contributed by atoms with Crippen LogP contribution in [-0.4, -0.2) is 31.2 Å². The Kier molecular flexibility index (Phi) is 5.91. The lowest BCUT2D eigenvalue weighted by atomic mass is 10.1. The first-order valence-corrected chi connectivity index (χ1v) is 7.20. The van der Waals surface area contributed by atoms with Gasteiger partial charge in [-0.2, -0.15) is 0 Å². The number of carbonyl (C=O) groups excluding carboxylic acids is 1. The molecule has 116 valence electrons. The number of ether oxygens (including phenoxy) is 1. The molecule has 0 radical (unpaired) electrons. The number of amides is 1. The Morgan fingerprint density at radius 1 is 1.23 bits per heavy atom. The number of rotatable bonds is 7. The largest absolute Gasteiger partial charge is 0.383 e. The summed E-state index contributed by atoms with van der Waals surface area (Å²) in [6.07, 6.45) is 3.25. The molecule has 5 heteroatoms. The van der Waals surface area contributed by atoms with Crippen LogP contribution in [0.3, 0.4) is 0 Å². The van der Waals surface area contributed by atoms with E-state index in [0.717, 1.165) is 11.3 Å². The highest BCUT2D eigenvalue weighted by Crippen LogP contribution is 2.09. The van der Waals surface area contributed by atoms with Gasteiger partial charge < -0.3 is 15.4 Å². The Balaban J connectivity index is 1.91. The second kappa shape index (κ2) is 8.14. The standard InChI is InChI=1S/C17H21N3O2/c1-13-3-5-14(6-4-13)10-20-17(21)15-9-16(12-18-11-15)19-7-8-22-2/h3-6,9,11-12,19H,7-8,10H2,1-2H3,(H,20,21). The Bertz CT molecular complexity index is 612. The van der Waals surface area contributed by atoms with Gasteiger partial charge in [0.05, 0.1) is 17.9 Å². The van der Waals surface area contributed by atoms with E-state index in [0.29, 0.717) is 25.3 Å². The van der Waals surface area contributed by atoms with Gasteiger partial charge in [-0.1, -0.05) is 29.8 Å². The van der Waals surface area contributed by atoms with Crippen LogP contribution in [0.15, 0.2) is 42.7 Å². The highest BCUT2D eigenvalue weighted by atomic mass is 16.5. The van der Waals surface area contributed by atoms with Crippen molar-refractivity contribution in [1.82, 2.24) is 10.3 Å². The topological polar surface area (TPSA) is 63.2 Å². The van der Waals surface area contributed by atoms with E-state index in [1.165, 1.54) is 5.56 Å². The van der Waals surface area contributed by atoms with E-state index in [2.05, 4.69) is 15.6 Å². The van der Waals surface area contributed by atoms with E-state index >= 15 is 0 Å². The van der Waals surface area contributed by atoms with Crippen molar-refractivity contribution in [3.63, 3.8) is 0 Å². The van der Waals surface area contributed by atoms with Crippen molar-refractivity contribution in [2.45, 2.75) is 13.5 Å². The van der Waals surface area contributed by atoms with Crippen LogP contribution in [0, 0.1) is 6.92 Å². The van der Waals surface area contributed by atoms with Gasteiger partial charge >= 0.3 is 0 Å². The van der Waals surface area contributed by atoms with E-state index in [1.54, 1.807) is 25.6 Å². The van der Waals surface area contributed by atoms with Crippen molar-refractivity contribution in [2.24, 2.45) is 0 Å². The van der Waals surface area contributed by atoms with Crippen molar-refractivity contribution >= 4 is 11.6 Å². The van der Waals surface area contributed by atoms with E-state index in [-0.39, 0.29) is 5.91 Å². The fourth-order valence-electron chi connectivity index (χ4n) is 1.95. The van der Waals surface area contributed by atoms with Crippen molar-refractivity contribution < 1.29 is 9.53 Å². The first-order chi connectivity index (χ1) is 10.7. The third-order valence-corrected chi connectivity index (χ3v) is 3.21. The molecule has 2 aromatic rings. The Morgan fingerprint density at radius 2 is 2.00 bits per heavy atom. The highest BCUT2D eigenvalue weighted by molar-refractivity contribution is 5.94. The first-order valence-electron chi connectivity index (χ1n) is 7.20. The number of methoxy groups -OCH3 is 1. The molecular formula is C17H21N3O2. The number of aromatic nitrogens is 1. The molecule has 22 heavy (non-hydrogen) atoms. The zero-order chi connectivity index (χ0) is 15.8. The van der Waals surface area contributed by atoms with Gasteiger partial charge in [-0.25, -0.2) is 0 Å². The van der Waals surface area contributed by atoms with Crippen LogP contribution in [0.5, 0.6) is 0 Å². The van der Waals surface area contributed by atoms with Gasteiger partial charge in [0.2, 0.25) is 0 Å². The Hall–Kier alpha value is -2.40. The normalized spacial score (nSPS) is 10.3. The first kappa shape index (κ1) is 16.0. The number of pyridine rings is 1. The van der Waals surface area contributed by atoms with Crippen molar-refractivity contribution in [3.05, 3.63) is 59.4 Å². The van der Waals surface area contributed by atoms with E-state index in [1.807, 2.05) is 31.2 Å². The van der Waals surface area contributed by atoms with E-state index in [9.17, 15) is 4.79 Å². The van der Waals surface area contributed by atoms with Gasteiger partial charge in [0.15, 0.2) is 0 Å². The Morgan fingerprint density at radius 3 is 2.73 bits per heavy atom. The highest BCUT2D eigenvalue weighted by Gasteiger charge is 2.06. The van der Waals surface area contributed by atoms with Crippen LogP contribution in [0.25, 0.3) is 0 Å². The average Bonchev–Trinajstić information content (AvgIpc) is 2.54. The minimum atomic E-state index is -0.136. The van der Waals surface area contributed by atoms with Crippen molar-refractivity contribution in [2.75, 3.05) is 25.6 Å². The lowest BCUT2D eigenvalue weighted by Crippen LogP contribution is -2.23. The van der Waals surface area contributed by atoms with Crippen LogP contribution >= 0.6 is 0 Å². The van der Waals surface area contributed by atoms with Crippen molar-refractivity contribution in [1.29, 1.82) is 0 Å². The van der Waals surface area contributed by atoms with Gasteiger partial charge in [0.1, 0.15) is 0 Å². The predicted molar refractivity (Wildman–Crippen MR) is 87.0 cm³/mol. The number of hydrogen-bond acceptors (Lipinski definition) is 4. The number of carbonyl (C=O) groups is 1. The van der Waals surface area contributed by atoms with Crippen LogP contribution in [0.4, 0.5) is 5.69 Å². The van der Waals surface area contributed by atoms with E-state index < -0.39 is 0 Å². The molecule has 0 atom stereocenters. The zero-order valence-electron chi connectivity index (χ0n) is 12.9. The van der Waals surface area contributed by atoms with Gasteiger partial charge in [-0.05, 0) is 18.6 Å². The van der Waals surface area contributed by atoms with Gasteiger partial charge in [-0.3, -0.25) is 9.78 Å². The monoisotopic (exact) mass is 299 g/mol. The molecule has 1 heterocycles. The van der Waals surface area contributed by atoms with Crippen LogP contribution in [0.2, 0.25) is 0 Å². The lowest BCUT2D eigenvalue weighted by Gasteiger charge is -2.08. The maximum Gasteiger partial charge on any atom is 0.253 e. The maximum absolute atomic E-state index is 12.2. The molecule has 0 unspecified atom stereocenters. The molecule has 0 aliphatic rings. The molecule has 2 N–H and O–H groups in total. The summed E-state index contributed by atoms with van der Waals surface area (Å²) in [6, 6.07) is 9.87. The second-order valence-corrected chi connectivity index (χ2v) is 5.05. The number of benzene rings is 1. The minimum Gasteiger partial charge on any atom is -0.383 e. The SMILES string of the molecule is COCCNc1cncc(C(=O)NCc2ccc(C)cc2)c1. The van der Waals surface area contributed by atoms with Crippen LogP contribution in [0.1, 0.15) is 21.5 Å². The fourth-order valence-corrected chi connectivity index (χ4v) is 1.95.